The van der Waals surface area contributed by atoms with Crippen LogP contribution in [0.15, 0.2) is 24.3 Å². The zero-order valence-electron chi connectivity index (χ0n) is 11.5. The molecule has 1 atom stereocenters. The third kappa shape index (κ3) is 2.81. The molecule has 0 saturated carbocycles. The number of carbonyl (C=O) groups excluding carboxylic acids is 1. The van der Waals surface area contributed by atoms with Gasteiger partial charge < -0.3 is 20.1 Å². The van der Waals surface area contributed by atoms with Gasteiger partial charge in [-0.05, 0) is 38.1 Å². The Morgan fingerprint density at radius 1 is 1.42 bits per heavy atom. The molecule has 2 rings (SSSR count). The second-order valence-corrected chi connectivity index (χ2v) is 5.40. The Morgan fingerprint density at radius 2 is 2.05 bits per heavy atom. The Kier molecular flexibility index (Phi) is 3.66. The van der Waals surface area contributed by atoms with E-state index in [0.717, 1.165) is 11.4 Å². The van der Waals surface area contributed by atoms with Crippen molar-refractivity contribution in [1.82, 2.24) is 5.32 Å². The van der Waals surface area contributed by atoms with E-state index in [0.29, 0.717) is 6.54 Å². The van der Waals surface area contributed by atoms with Gasteiger partial charge in [0.25, 0.3) is 0 Å². The molecule has 1 heterocycles. The highest BCUT2D eigenvalue weighted by molar-refractivity contribution is 5.87. The summed E-state index contributed by atoms with van der Waals surface area (Å²) in [7, 11) is 1.61. The fraction of sp³-hybridized carbons (Fsp3) is 0.500. The third-order valence-corrected chi connectivity index (χ3v) is 3.28. The summed E-state index contributed by atoms with van der Waals surface area (Å²) in [6, 6.07) is 6.96. The number of hydrogen-bond donors (Lipinski definition) is 2. The minimum absolute atomic E-state index is 0.144. The van der Waals surface area contributed by atoms with Gasteiger partial charge in [-0.15, -0.1) is 0 Å². The summed E-state index contributed by atoms with van der Waals surface area (Å²) in [4.78, 5) is 13.9. The highest BCUT2D eigenvalue weighted by Gasteiger charge is 2.38. The number of anilines is 1. The van der Waals surface area contributed by atoms with Gasteiger partial charge in [0, 0.05) is 12.2 Å². The second kappa shape index (κ2) is 5.09. The number of ether oxygens (including phenoxy) is 1. The topological polar surface area (TPSA) is 61.8 Å². The summed E-state index contributed by atoms with van der Waals surface area (Å²) in [6.45, 7) is 4.38. The zero-order chi connectivity index (χ0) is 14.0. The van der Waals surface area contributed by atoms with E-state index in [1.165, 1.54) is 0 Å². The van der Waals surface area contributed by atoms with Crippen molar-refractivity contribution in [1.29, 1.82) is 0 Å². The van der Waals surface area contributed by atoms with Gasteiger partial charge in [0.2, 0.25) is 5.91 Å². The molecule has 1 unspecified atom stereocenters. The Labute approximate surface area is 113 Å². The summed E-state index contributed by atoms with van der Waals surface area (Å²) >= 11 is 0. The van der Waals surface area contributed by atoms with E-state index in [-0.39, 0.29) is 18.1 Å². The van der Waals surface area contributed by atoms with Crippen LogP contribution in [0, 0.1) is 0 Å². The van der Waals surface area contributed by atoms with Crippen LogP contribution in [-0.2, 0) is 4.79 Å². The van der Waals surface area contributed by atoms with Crippen molar-refractivity contribution in [2.24, 2.45) is 0 Å². The van der Waals surface area contributed by atoms with Gasteiger partial charge in [-0.2, -0.15) is 0 Å². The SMILES string of the molecule is COc1ccc(N2CC(C)(C)NC(=O)C2CO)cc1. The van der Waals surface area contributed by atoms with Crippen molar-refractivity contribution in [2.45, 2.75) is 25.4 Å². The Balaban J connectivity index is 2.30. The van der Waals surface area contributed by atoms with E-state index in [1.54, 1.807) is 7.11 Å². The first kappa shape index (κ1) is 13.7. The van der Waals surface area contributed by atoms with Crippen molar-refractivity contribution in [3.8, 4) is 5.75 Å². The molecule has 1 aromatic carbocycles. The average Bonchev–Trinajstić information content (AvgIpc) is 2.37. The van der Waals surface area contributed by atoms with E-state index in [9.17, 15) is 9.90 Å². The van der Waals surface area contributed by atoms with Crippen molar-refractivity contribution in [3.63, 3.8) is 0 Å². The Bertz CT molecular complexity index is 456. The van der Waals surface area contributed by atoms with E-state index in [2.05, 4.69) is 5.32 Å². The minimum atomic E-state index is -0.540. The molecule has 1 amide bonds. The van der Waals surface area contributed by atoms with Gasteiger partial charge in [0.15, 0.2) is 0 Å². The number of hydrogen-bond acceptors (Lipinski definition) is 4. The van der Waals surface area contributed by atoms with Crippen molar-refractivity contribution in [3.05, 3.63) is 24.3 Å². The van der Waals surface area contributed by atoms with E-state index in [1.807, 2.05) is 43.0 Å². The molecule has 0 aliphatic carbocycles. The summed E-state index contributed by atoms with van der Waals surface area (Å²) in [5, 5.41) is 12.4. The predicted molar refractivity (Wildman–Crippen MR) is 73.4 cm³/mol. The predicted octanol–water partition coefficient (Wildman–Crippen LogP) is 0.771. The Morgan fingerprint density at radius 3 is 2.58 bits per heavy atom. The fourth-order valence-electron chi connectivity index (χ4n) is 2.36. The first-order valence-corrected chi connectivity index (χ1v) is 6.30. The number of rotatable bonds is 3. The lowest BCUT2D eigenvalue weighted by Gasteiger charge is -2.44. The number of carbonyl (C=O) groups is 1. The van der Waals surface area contributed by atoms with Crippen LogP contribution >= 0.6 is 0 Å². The first-order valence-electron chi connectivity index (χ1n) is 6.30. The van der Waals surface area contributed by atoms with E-state index >= 15 is 0 Å². The largest absolute Gasteiger partial charge is 0.497 e. The highest BCUT2D eigenvalue weighted by Crippen LogP contribution is 2.25. The minimum Gasteiger partial charge on any atom is -0.497 e. The molecule has 0 radical (unpaired) electrons. The molecular formula is C14H20N2O3. The van der Waals surface area contributed by atoms with Crippen LogP contribution in [0.5, 0.6) is 5.75 Å². The quantitative estimate of drug-likeness (QED) is 0.846. The van der Waals surface area contributed by atoms with Crippen LogP contribution in [0.25, 0.3) is 0 Å². The Hall–Kier alpha value is -1.75. The summed E-state index contributed by atoms with van der Waals surface area (Å²) < 4.78 is 5.12. The van der Waals surface area contributed by atoms with E-state index < -0.39 is 6.04 Å². The number of nitrogens with one attached hydrogen (secondary N) is 1. The molecular weight excluding hydrogens is 244 g/mol. The average molecular weight is 264 g/mol. The number of methoxy groups -OCH3 is 1. The third-order valence-electron chi connectivity index (χ3n) is 3.28. The molecule has 2 N–H and O–H groups in total. The molecule has 5 nitrogen and oxygen atoms in total. The lowest BCUT2D eigenvalue weighted by atomic mass is 9.97. The van der Waals surface area contributed by atoms with Crippen LogP contribution in [0.2, 0.25) is 0 Å². The molecule has 5 heteroatoms. The standard InChI is InChI=1S/C14H20N2O3/c1-14(2)9-16(12(8-17)13(18)15-14)10-4-6-11(19-3)7-5-10/h4-7,12,17H,8-9H2,1-3H3,(H,15,18). The van der Waals surface area contributed by atoms with Crippen molar-refractivity contribution < 1.29 is 14.6 Å². The molecule has 1 saturated heterocycles. The van der Waals surface area contributed by atoms with Gasteiger partial charge in [-0.25, -0.2) is 0 Å². The lowest BCUT2D eigenvalue weighted by molar-refractivity contribution is -0.126. The van der Waals surface area contributed by atoms with Crippen LogP contribution in [-0.4, -0.2) is 42.9 Å². The molecule has 19 heavy (non-hydrogen) atoms. The maximum absolute atomic E-state index is 12.0. The second-order valence-electron chi connectivity index (χ2n) is 5.40. The van der Waals surface area contributed by atoms with E-state index in [4.69, 9.17) is 4.74 Å². The summed E-state index contributed by atoms with van der Waals surface area (Å²) in [6.07, 6.45) is 0. The molecule has 1 aromatic rings. The van der Waals surface area contributed by atoms with Gasteiger partial charge in [-0.1, -0.05) is 0 Å². The smallest absolute Gasteiger partial charge is 0.245 e. The van der Waals surface area contributed by atoms with Gasteiger partial charge in [-0.3, -0.25) is 4.79 Å². The molecule has 0 aromatic heterocycles. The highest BCUT2D eigenvalue weighted by atomic mass is 16.5. The number of piperazine rings is 1. The van der Waals surface area contributed by atoms with Crippen molar-refractivity contribution in [2.75, 3.05) is 25.2 Å². The molecule has 1 aliphatic rings. The first-order chi connectivity index (χ1) is 8.96. The summed E-state index contributed by atoms with van der Waals surface area (Å²) in [5.41, 5.74) is 0.589. The zero-order valence-corrected chi connectivity index (χ0v) is 11.5. The van der Waals surface area contributed by atoms with Gasteiger partial charge >= 0.3 is 0 Å². The monoisotopic (exact) mass is 264 g/mol. The molecule has 1 aliphatic heterocycles. The molecule has 0 bridgehead atoms. The van der Waals surface area contributed by atoms with Crippen LogP contribution in [0.3, 0.4) is 0 Å². The normalized spacial score (nSPS) is 22.0. The molecule has 1 fully saturated rings. The lowest BCUT2D eigenvalue weighted by Crippen LogP contribution is -2.66. The number of amides is 1. The van der Waals surface area contributed by atoms with Crippen LogP contribution in [0.4, 0.5) is 5.69 Å². The summed E-state index contributed by atoms with van der Waals surface area (Å²) in [5.74, 6) is 0.625. The molecule has 104 valence electrons. The van der Waals surface area contributed by atoms with Crippen molar-refractivity contribution >= 4 is 11.6 Å². The maximum atomic E-state index is 12.0. The number of aliphatic hydroxyl groups excluding tert-OH is 1. The fourth-order valence-corrected chi connectivity index (χ4v) is 2.36. The number of nitrogens with zero attached hydrogens (tertiary/aromatic N) is 1. The van der Waals surface area contributed by atoms with Crippen LogP contribution < -0.4 is 15.0 Å². The maximum Gasteiger partial charge on any atom is 0.245 e. The van der Waals surface area contributed by atoms with Gasteiger partial charge in [0.05, 0.1) is 19.3 Å². The number of benzene rings is 1. The molecule has 0 spiro atoms. The van der Waals surface area contributed by atoms with Crippen LogP contribution in [0.1, 0.15) is 13.8 Å². The number of aliphatic hydroxyl groups is 1. The van der Waals surface area contributed by atoms with Gasteiger partial charge in [0.1, 0.15) is 11.8 Å².